The van der Waals surface area contributed by atoms with Crippen LogP contribution in [0.5, 0.6) is 11.5 Å². The minimum atomic E-state index is -5.01. The van der Waals surface area contributed by atoms with Gasteiger partial charge in [-0.15, -0.1) is 0 Å². The SMILES string of the molecule is O=C(NC1(C(F)(F)F)Oc2cc(Cl)c(Cl)cc2O1)N1CCCC1. The fourth-order valence-corrected chi connectivity index (χ4v) is 2.69. The number of likely N-dealkylation sites (tertiary alicyclic amines) is 1. The molecule has 3 rings (SSSR count). The number of nitrogens with one attached hydrogen (secondary N) is 1. The molecule has 0 bridgehead atoms. The van der Waals surface area contributed by atoms with Crippen LogP contribution in [0.1, 0.15) is 12.8 Å². The molecular weight excluding hydrogens is 360 g/mol. The highest BCUT2D eigenvalue weighted by Crippen LogP contribution is 2.48. The Balaban J connectivity index is 1.89. The number of carbonyl (C=O) groups excluding carboxylic acids is 1. The third-order valence-corrected chi connectivity index (χ3v) is 4.25. The minimum Gasteiger partial charge on any atom is -0.424 e. The number of urea groups is 1. The van der Waals surface area contributed by atoms with Crippen LogP contribution in [-0.2, 0) is 0 Å². The Hall–Kier alpha value is -1.54. The highest BCUT2D eigenvalue weighted by Gasteiger charge is 2.66. The third-order valence-electron chi connectivity index (χ3n) is 3.53. The van der Waals surface area contributed by atoms with E-state index in [1.54, 1.807) is 5.32 Å². The first-order chi connectivity index (χ1) is 10.7. The van der Waals surface area contributed by atoms with Gasteiger partial charge >= 0.3 is 18.1 Å². The molecule has 2 aliphatic rings. The summed E-state index contributed by atoms with van der Waals surface area (Å²) in [7, 11) is 0. The highest BCUT2D eigenvalue weighted by molar-refractivity contribution is 6.42. The van der Waals surface area contributed by atoms with Crippen molar-refractivity contribution in [2.24, 2.45) is 0 Å². The minimum absolute atomic E-state index is 0.0119. The van der Waals surface area contributed by atoms with Crippen LogP contribution in [0.25, 0.3) is 0 Å². The van der Waals surface area contributed by atoms with Gasteiger partial charge in [-0.05, 0) is 12.8 Å². The van der Waals surface area contributed by atoms with Gasteiger partial charge in [-0.3, -0.25) is 5.32 Å². The van der Waals surface area contributed by atoms with Gasteiger partial charge in [0.15, 0.2) is 11.5 Å². The molecule has 5 nitrogen and oxygen atoms in total. The van der Waals surface area contributed by atoms with Crippen LogP contribution in [0, 0.1) is 0 Å². The summed E-state index contributed by atoms with van der Waals surface area (Å²) in [5.74, 6) is -3.81. The van der Waals surface area contributed by atoms with E-state index < -0.39 is 18.1 Å². The zero-order valence-corrected chi connectivity index (χ0v) is 13.1. The van der Waals surface area contributed by atoms with Gasteiger partial charge in [0, 0.05) is 25.2 Å². The van der Waals surface area contributed by atoms with Crippen LogP contribution >= 0.6 is 23.2 Å². The predicted octanol–water partition coefficient (Wildman–Crippen LogP) is 3.79. The second-order valence-electron chi connectivity index (χ2n) is 5.16. The lowest BCUT2D eigenvalue weighted by Crippen LogP contribution is -2.66. The second-order valence-corrected chi connectivity index (χ2v) is 5.97. The monoisotopic (exact) mass is 370 g/mol. The van der Waals surface area contributed by atoms with Crippen molar-refractivity contribution in [3.63, 3.8) is 0 Å². The van der Waals surface area contributed by atoms with E-state index in [0.717, 1.165) is 25.0 Å². The first-order valence-corrected chi connectivity index (χ1v) is 7.48. The maximum Gasteiger partial charge on any atom is 0.492 e. The van der Waals surface area contributed by atoms with E-state index >= 15 is 0 Å². The molecule has 0 aromatic heterocycles. The molecule has 1 saturated heterocycles. The Bertz CT molecular complexity index is 617. The van der Waals surface area contributed by atoms with Gasteiger partial charge in [-0.2, -0.15) is 13.2 Å². The van der Waals surface area contributed by atoms with E-state index in [4.69, 9.17) is 32.7 Å². The van der Waals surface area contributed by atoms with Gasteiger partial charge in [0.05, 0.1) is 10.0 Å². The van der Waals surface area contributed by atoms with Crippen molar-refractivity contribution >= 4 is 29.2 Å². The van der Waals surface area contributed by atoms with E-state index in [0.29, 0.717) is 13.1 Å². The molecule has 1 aromatic rings. The third kappa shape index (κ3) is 2.85. The fourth-order valence-electron chi connectivity index (χ4n) is 2.38. The van der Waals surface area contributed by atoms with Crippen molar-refractivity contribution in [1.82, 2.24) is 10.2 Å². The van der Waals surface area contributed by atoms with Gasteiger partial charge in [0.1, 0.15) is 0 Å². The molecule has 0 atom stereocenters. The number of hydrogen-bond donors (Lipinski definition) is 1. The fraction of sp³-hybridized carbons (Fsp3) is 0.462. The number of fused-ring (bicyclic) bond motifs is 1. The van der Waals surface area contributed by atoms with Crippen molar-refractivity contribution in [1.29, 1.82) is 0 Å². The average molecular weight is 371 g/mol. The van der Waals surface area contributed by atoms with Gasteiger partial charge in [-0.25, -0.2) is 4.79 Å². The number of benzene rings is 1. The van der Waals surface area contributed by atoms with E-state index in [2.05, 4.69) is 0 Å². The first-order valence-electron chi connectivity index (χ1n) is 6.73. The van der Waals surface area contributed by atoms with Crippen LogP contribution in [0.3, 0.4) is 0 Å². The van der Waals surface area contributed by atoms with E-state index in [9.17, 15) is 18.0 Å². The molecule has 0 radical (unpaired) electrons. The highest BCUT2D eigenvalue weighted by atomic mass is 35.5. The Kier molecular flexibility index (Phi) is 3.92. The molecule has 1 aromatic carbocycles. The molecule has 0 aliphatic carbocycles. The van der Waals surface area contributed by atoms with Crippen LogP contribution in [0.4, 0.5) is 18.0 Å². The molecule has 0 spiro atoms. The molecule has 126 valence electrons. The molecule has 10 heteroatoms. The molecule has 23 heavy (non-hydrogen) atoms. The first kappa shape index (κ1) is 16.3. The van der Waals surface area contributed by atoms with Gasteiger partial charge in [0.25, 0.3) is 0 Å². The summed E-state index contributed by atoms with van der Waals surface area (Å²) in [6, 6.07) is 1.30. The van der Waals surface area contributed by atoms with E-state index in [-0.39, 0.29) is 21.5 Å². The summed E-state index contributed by atoms with van der Waals surface area (Å²) < 4.78 is 50.2. The maximum atomic E-state index is 13.5. The van der Waals surface area contributed by atoms with Gasteiger partial charge < -0.3 is 14.4 Å². The van der Waals surface area contributed by atoms with Crippen LogP contribution in [-0.4, -0.2) is 36.1 Å². The smallest absolute Gasteiger partial charge is 0.424 e. The molecule has 0 unspecified atom stereocenters. The van der Waals surface area contributed by atoms with Gasteiger partial charge in [-0.1, -0.05) is 23.2 Å². The summed E-state index contributed by atoms with van der Waals surface area (Å²) in [5.41, 5.74) is 0. The molecule has 0 saturated carbocycles. The van der Waals surface area contributed by atoms with Crippen LogP contribution < -0.4 is 14.8 Å². The number of amides is 2. The van der Waals surface area contributed by atoms with Crippen molar-refractivity contribution in [3.05, 3.63) is 22.2 Å². The lowest BCUT2D eigenvalue weighted by atomic mass is 10.3. The molecule has 1 N–H and O–H groups in total. The summed E-state index contributed by atoms with van der Waals surface area (Å²) >= 11 is 11.5. The predicted molar refractivity (Wildman–Crippen MR) is 75.8 cm³/mol. The number of rotatable bonds is 1. The number of nitrogens with zero attached hydrogens (tertiary/aromatic N) is 1. The molecule has 2 aliphatic heterocycles. The van der Waals surface area contributed by atoms with Crippen molar-refractivity contribution in [2.75, 3.05) is 13.1 Å². The normalized spacial score (nSPS) is 19.1. The number of alkyl halides is 3. The Labute approximate surface area is 139 Å². The topological polar surface area (TPSA) is 50.8 Å². The van der Waals surface area contributed by atoms with Crippen molar-refractivity contribution in [2.45, 2.75) is 24.9 Å². The Morgan fingerprint density at radius 1 is 1.13 bits per heavy atom. The summed E-state index contributed by atoms with van der Waals surface area (Å²) in [6.07, 6.45) is -3.54. The van der Waals surface area contributed by atoms with E-state index in [1.807, 2.05) is 0 Å². The standard InChI is InChI=1S/C13H11Cl2F3N2O3/c14-7-5-9-10(6-8(7)15)23-13(22-9,12(16,17)18)19-11(21)20-3-1-2-4-20/h5-6H,1-4H2,(H,19,21). The summed E-state index contributed by atoms with van der Waals surface area (Å²) in [6.45, 7) is 0.759. The lowest BCUT2D eigenvalue weighted by molar-refractivity contribution is -0.318. The number of carbonyl (C=O) groups is 1. The zero-order valence-electron chi connectivity index (χ0n) is 11.5. The van der Waals surface area contributed by atoms with Crippen molar-refractivity contribution in [3.8, 4) is 11.5 Å². The molecular formula is C13H11Cl2F3N2O3. The van der Waals surface area contributed by atoms with Crippen LogP contribution in [0.2, 0.25) is 10.0 Å². The number of halogens is 5. The molecule has 2 amide bonds. The van der Waals surface area contributed by atoms with Gasteiger partial charge in [0.2, 0.25) is 0 Å². The largest absolute Gasteiger partial charge is 0.492 e. The average Bonchev–Trinajstić information content (AvgIpc) is 3.06. The summed E-state index contributed by atoms with van der Waals surface area (Å²) in [4.78, 5) is 13.3. The van der Waals surface area contributed by atoms with Crippen molar-refractivity contribution < 1.29 is 27.4 Å². The summed E-state index contributed by atoms with van der Waals surface area (Å²) in [5, 5.41) is 1.82. The lowest BCUT2D eigenvalue weighted by Gasteiger charge is -2.31. The quantitative estimate of drug-likeness (QED) is 0.818. The maximum absolute atomic E-state index is 13.5. The second kappa shape index (κ2) is 5.52. The number of hydrogen-bond acceptors (Lipinski definition) is 3. The van der Waals surface area contributed by atoms with Crippen LogP contribution in [0.15, 0.2) is 12.1 Å². The zero-order chi connectivity index (χ0) is 16.8. The number of ether oxygens (including phenoxy) is 2. The molecule has 1 fully saturated rings. The Morgan fingerprint density at radius 2 is 1.61 bits per heavy atom. The Morgan fingerprint density at radius 3 is 2.04 bits per heavy atom. The molecule has 2 heterocycles. The van der Waals surface area contributed by atoms with E-state index in [1.165, 1.54) is 4.90 Å².